The molecule has 0 rings (SSSR count). The van der Waals surface area contributed by atoms with Crippen molar-refractivity contribution in [1.82, 2.24) is 5.32 Å². The molecule has 0 fully saturated rings. The molecular weight excluding hydrogens is 258 g/mol. The van der Waals surface area contributed by atoms with Gasteiger partial charge in [-0.3, -0.25) is 4.55 Å². The summed E-state index contributed by atoms with van der Waals surface area (Å²) >= 11 is 0. The van der Waals surface area contributed by atoms with E-state index in [1.165, 1.54) is 0 Å². The van der Waals surface area contributed by atoms with E-state index in [9.17, 15) is 8.42 Å². The monoisotopic (exact) mass is 283 g/mol. The van der Waals surface area contributed by atoms with E-state index < -0.39 is 16.0 Å². The third-order valence-electron chi connectivity index (χ3n) is 2.50. The Morgan fingerprint density at radius 3 is 2.11 bits per heavy atom. The highest BCUT2D eigenvalue weighted by Gasteiger charge is 2.26. The van der Waals surface area contributed by atoms with E-state index in [4.69, 9.17) is 9.29 Å². The number of nitrogens with one attached hydrogen (secondary N) is 1. The Kier molecular flexibility index (Phi) is 6.73. The molecule has 0 saturated carbocycles. The van der Waals surface area contributed by atoms with E-state index in [1.54, 1.807) is 13.8 Å². The molecule has 0 atom stereocenters. The molecule has 0 aliphatic carbocycles. The van der Waals surface area contributed by atoms with Crippen LogP contribution >= 0.6 is 0 Å². The molecule has 0 aliphatic rings. The summed E-state index contributed by atoms with van der Waals surface area (Å²) < 4.78 is 40.1. The molecule has 0 saturated heterocycles. The van der Waals surface area contributed by atoms with Gasteiger partial charge in [0, 0.05) is 6.42 Å². The van der Waals surface area contributed by atoms with E-state index in [-0.39, 0.29) is 5.60 Å². The molecular formula is C11H25NO5S. The van der Waals surface area contributed by atoms with E-state index in [0.717, 1.165) is 13.0 Å². The molecule has 0 heterocycles. The SMILES string of the molecule is CNCCC(C)(C)OCCC(C)(C)OS(=O)(=O)O. The second-order valence-electron chi connectivity index (χ2n) is 5.48. The lowest BCUT2D eigenvalue weighted by Crippen LogP contribution is -2.33. The maximum Gasteiger partial charge on any atom is 0.397 e. The molecule has 0 amide bonds. The minimum absolute atomic E-state index is 0.281. The fourth-order valence-corrected chi connectivity index (χ4v) is 2.05. The molecule has 110 valence electrons. The van der Waals surface area contributed by atoms with Crippen LogP contribution in [0, 0.1) is 0 Å². The highest BCUT2D eigenvalue weighted by Crippen LogP contribution is 2.20. The third-order valence-corrected chi connectivity index (χ3v) is 3.17. The molecule has 0 bridgehead atoms. The van der Waals surface area contributed by atoms with Gasteiger partial charge in [0.15, 0.2) is 0 Å². The molecule has 0 aromatic carbocycles. The highest BCUT2D eigenvalue weighted by molar-refractivity contribution is 7.80. The fourth-order valence-electron chi connectivity index (χ4n) is 1.40. The number of hydrogen-bond acceptors (Lipinski definition) is 5. The van der Waals surface area contributed by atoms with E-state index in [2.05, 4.69) is 9.50 Å². The Morgan fingerprint density at radius 1 is 1.11 bits per heavy atom. The first-order valence-corrected chi connectivity index (χ1v) is 7.31. The lowest BCUT2D eigenvalue weighted by atomic mass is 10.0. The number of ether oxygens (including phenoxy) is 1. The van der Waals surface area contributed by atoms with Crippen LogP contribution in [0.4, 0.5) is 0 Å². The summed E-state index contributed by atoms with van der Waals surface area (Å²) in [5.41, 5.74) is -1.26. The standard InChI is InChI=1S/C11H25NO5S/c1-10(2,6-8-12-5)16-9-7-11(3,4)17-18(13,14)15/h12H,6-9H2,1-5H3,(H,13,14,15). The van der Waals surface area contributed by atoms with Crippen molar-refractivity contribution in [2.24, 2.45) is 0 Å². The molecule has 18 heavy (non-hydrogen) atoms. The third kappa shape index (κ3) is 9.78. The predicted octanol–water partition coefficient (Wildman–Crippen LogP) is 1.38. The van der Waals surface area contributed by atoms with Crippen molar-refractivity contribution in [2.75, 3.05) is 20.2 Å². The van der Waals surface area contributed by atoms with Crippen LogP contribution in [-0.2, 0) is 19.3 Å². The molecule has 0 aromatic rings. The Hall–Kier alpha value is -0.210. The summed E-state index contributed by atoms with van der Waals surface area (Å²) in [6, 6.07) is 0. The van der Waals surface area contributed by atoms with Crippen molar-refractivity contribution in [3.63, 3.8) is 0 Å². The molecule has 0 unspecified atom stereocenters. The summed E-state index contributed by atoms with van der Waals surface area (Å²) in [6.45, 7) is 8.33. The van der Waals surface area contributed by atoms with Crippen LogP contribution < -0.4 is 5.32 Å². The summed E-state index contributed by atoms with van der Waals surface area (Å²) in [5, 5.41) is 3.04. The van der Waals surface area contributed by atoms with Crippen LogP contribution in [0.2, 0.25) is 0 Å². The van der Waals surface area contributed by atoms with Crippen molar-refractivity contribution in [3.05, 3.63) is 0 Å². The first-order valence-electron chi connectivity index (χ1n) is 5.94. The maximum absolute atomic E-state index is 10.6. The minimum Gasteiger partial charge on any atom is -0.375 e. The van der Waals surface area contributed by atoms with Gasteiger partial charge in [-0.25, -0.2) is 4.18 Å². The van der Waals surface area contributed by atoms with E-state index in [1.807, 2.05) is 20.9 Å². The summed E-state index contributed by atoms with van der Waals surface area (Å²) in [6.07, 6.45) is 1.22. The molecule has 2 N–H and O–H groups in total. The zero-order valence-corrected chi connectivity index (χ0v) is 12.6. The average Bonchev–Trinajstić information content (AvgIpc) is 2.10. The van der Waals surface area contributed by atoms with Crippen LogP contribution in [0.25, 0.3) is 0 Å². The fraction of sp³-hybridized carbons (Fsp3) is 1.00. The molecule has 0 aromatic heterocycles. The lowest BCUT2D eigenvalue weighted by Gasteiger charge is -2.28. The van der Waals surface area contributed by atoms with Crippen molar-refractivity contribution in [3.8, 4) is 0 Å². The summed E-state index contributed by atoms with van der Waals surface area (Å²) in [4.78, 5) is 0. The van der Waals surface area contributed by atoms with Gasteiger partial charge in [0.05, 0.1) is 17.8 Å². The van der Waals surface area contributed by atoms with Gasteiger partial charge in [-0.15, -0.1) is 0 Å². The van der Waals surface area contributed by atoms with Gasteiger partial charge in [0.25, 0.3) is 0 Å². The minimum atomic E-state index is -4.43. The molecule has 6 nitrogen and oxygen atoms in total. The van der Waals surface area contributed by atoms with Crippen LogP contribution in [0.5, 0.6) is 0 Å². The quantitative estimate of drug-likeness (QED) is 0.622. The van der Waals surface area contributed by atoms with Crippen molar-refractivity contribution in [2.45, 2.75) is 51.7 Å². The Bertz CT molecular complexity index is 337. The van der Waals surface area contributed by atoms with Gasteiger partial charge in [0.1, 0.15) is 0 Å². The lowest BCUT2D eigenvalue weighted by molar-refractivity contribution is -0.0445. The zero-order chi connectivity index (χ0) is 14.4. The van der Waals surface area contributed by atoms with E-state index in [0.29, 0.717) is 13.0 Å². The van der Waals surface area contributed by atoms with Crippen LogP contribution in [-0.4, -0.2) is 44.4 Å². The zero-order valence-electron chi connectivity index (χ0n) is 11.8. The topological polar surface area (TPSA) is 84.9 Å². The smallest absolute Gasteiger partial charge is 0.375 e. The second kappa shape index (κ2) is 6.81. The first-order chi connectivity index (χ1) is 7.97. The number of rotatable bonds is 9. The van der Waals surface area contributed by atoms with Crippen molar-refractivity contribution >= 4 is 10.4 Å². The Morgan fingerprint density at radius 2 is 1.67 bits per heavy atom. The van der Waals surface area contributed by atoms with Gasteiger partial charge in [-0.05, 0) is 47.7 Å². The Balaban J connectivity index is 4.10. The van der Waals surface area contributed by atoms with E-state index >= 15 is 0 Å². The van der Waals surface area contributed by atoms with Gasteiger partial charge in [0.2, 0.25) is 0 Å². The molecule has 0 radical (unpaired) electrons. The largest absolute Gasteiger partial charge is 0.397 e. The van der Waals surface area contributed by atoms with Crippen molar-refractivity contribution in [1.29, 1.82) is 0 Å². The predicted molar refractivity (Wildman–Crippen MR) is 69.9 cm³/mol. The van der Waals surface area contributed by atoms with Crippen LogP contribution in [0.3, 0.4) is 0 Å². The average molecular weight is 283 g/mol. The van der Waals surface area contributed by atoms with Crippen molar-refractivity contribution < 1.29 is 21.9 Å². The maximum atomic E-state index is 10.6. The van der Waals surface area contributed by atoms with Crippen LogP contribution in [0.15, 0.2) is 0 Å². The Labute approximate surface area is 110 Å². The molecule has 7 heteroatoms. The number of hydrogen-bond donors (Lipinski definition) is 2. The van der Waals surface area contributed by atoms with Gasteiger partial charge >= 0.3 is 10.4 Å². The van der Waals surface area contributed by atoms with Crippen LogP contribution in [0.1, 0.15) is 40.5 Å². The second-order valence-corrected chi connectivity index (χ2v) is 6.50. The van der Waals surface area contributed by atoms with Gasteiger partial charge < -0.3 is 10.1 Å². The summed E-state index contributed by atoms with van der Waals surface area (Å²) in [5.74, 6) is 0. The van der Waals surface area contributed by atoms with Gasteiger partial charge in [-0.1, -0.05) is 0 Å². The molecule has 0 aliphatic heterocycles. The molecule has 0 spiro atoms. The normalized spacial score (nSPS) is 13.9. The van der Waals surface area contributed by atoms with Gasteiger partial charge in [-0.2, -0.15) is 8.42 Å². The summed E-state index contributed by atoms with van der Waals surface area (Å²) in [7, 11) is -2.55. The highest BCUT2D eigenvalue weighted by atomic mass is 32.3. The first kappa shape index (κ1) is 17.8.